The first-order valence-electron chi connectivity index (χ1n) is 4.59. The van der Waals surface area contributed by atoms with Crippen molar-refractivity contribution in [2.75, 3.05) is 26.7 Å². The van der Waals surface area contributed by atoms with Crippen LogP contribution in [0.25, 0.3) is 0 Å². The van der Waals surface area contributed by atoms with Crippen LogP contribution >= 0.6 is 0 Å². The molecule has 0 atom stereocenters. The summed E-state index contributed by atoms with van der Waals surface area (Å²) in [6.07, 6.45) is 1.81. The van der Waals surface area contributed by atoms with Gasteiger partial charge in [0.1, 0.15) is 0 Å². The predicted molar refractivity (Wildman–Crippen MR) is 50.6 cm³/mol. The van der Waals surface area contributed by atoms with E-state index in [0.29, 0.717) is 0 Å². The Morgan fingerprint density at radius 3 is 2.54 bits per heavy atom. The molecule has 0 aromatic rings. The molecule has 4 N–H and O–H groups in total. The molecule has 5 nitrogen and oxygen atoms in total. The Morgan fingerprint density at radius 2 is 2.08 bits per heavy atom. The smallest absolute Gasteiger partial charge is 0.238 e. The minimum Gasteiger partial charge on any atom is -0.341 e. The molecule has 13 heavy (non-hydrogen) atoms. The molecule has 1 aliphatic heterocycles. The van der Waals surface area contributed by atoms with Gasteiger partial charge in [0, 0.05) is 26.2 Å². The summed E-state index contributed by atoms with van der Waals surface area (Å²) in [5.74, 6) is 5.48. The molecule has 0 bridgehead atoms. The third-order valence-electron chi connectivity index (χ3n) is 2.28. The zero-order valence-electron chi connectivity index (χ0n) is 8.07. The number of hydrogen-bond donors (Lipinski definition) is 2. The summed E-state index contributed by atoms with van der Waals surface area (Å²) >= 11 is 0. The number of carbonyl (C=O) groups excluding carboxylic acids is 1. The molecule has 1 fully saturated rings. The molecule has 0 radical (unpaired) electrons. The Morgan fingerprint density at radius 1 is 1.54 bits per heavy atom. The number of amides is 1. The van der Waals surface area contributed by atoms with Gasteiger partial charge in [0.2, 0.25) is 5.91 Å². The zero-order chi connectivity index (χ0) is 9.84. The first-order chi connectivity index (χ1) is 6.09. The summed E-state index contributed by atoms with van der Waals surface area (Å²) in [6, 6.07) is 0.264. The van der Waals surface area contributed by atoms with Crippen molar-refractivity contribution in [2.24, 2.45) is 11.6 Å². The number of nitrogens with two attached hydrogens (primary N) is 2. The fourth-order valence-electron chi connectivity index (χ4n) is 1.46. The van der Waals surface area contributed by atoms with Gasteiger partial charge in [0.15, 0.2) is 0 Å². The lowest BCUT2D eigenvalue weighted by Gasteiger charge is -2.30. The zero-order valence-corrected chi connectivity index (χ0v) is 8.07. The number of rotatable bonds is 2. The summed E-state index contributed by atoms with van der Waals surface area (Å²) in [6.45, 7) is 1.83. The van der Waals surface area contributed by atoms with Gasteiger partial charge in [-0.05, 0) is 12.8 Å². The number of likely N-dealkylation sites (N-methyl/N-ethyl adjacent to an activating group) is 1. The van der Waals surface area contributed by atoms with E-state index in [9.17, 15) is 4.79 Å². The van der Waals surface area contributed by atoms with Crippen LogP contribution in [0.4, 0.5) is 0 Å². The van der Waals surface area contributed by atoms with E-state index in [1.165, 1.54) is 5.01 Å². The van der Waals surface area contributed by atoms with Crippen molar-refractivity contribution in [2.45, 2.75) is 18.9 Å². The van der Waals surface area contributed by atoms with Crippen molar-refractivity contribution in [3.05, 3.63) is 0 Å². The monoisotopic (exact) mass is 186 g/mol. The van der Waals surface area contributed by atoms with Crippen molar-refractivity contribution in [3.63, 3.8) is 0 Å². The van der Waals surface area contributed by atoms with Crippen LogP contribution in [0.15, 0.2) is 0 Å². The lowest BCUT2D eigenvalue weighted by molar-refractivity contribution is -0.133. The number of piperidine rings is 1. The Bertz CT molecular complexity index is 175. The fourth-order valence-corrected chi connectivity index (χ4v) is 1.46. The largest absolute Gasteiger partial charge is 0.341 e. The molecule has 76 valence electrons. The Hall–Kier alpha value is -0.650. The predicted octanol–water partition coefficient (Wildman–Crippen LogP) is -1.26. The molecule has 5 heteroatoms. The average Bonchev–Trinajstić information content (AvgIpc) is 2.04. The third-order valence-corrected chi connectivity index (χ3v) is 2.28. The first-order valence-corrected chi connectivity index (χ1v) is 4.59. The molecule has 0 spiro atoms. The molecule has 1 heterocycles. The van der Waals surface area contributed by atoms with Crippen LogP contribution in [0, 0.1) is 0 Å². The average molecular weight is 186 g/mol. The number of carbonyl (C=O) groups is 1. The van der Waals surface area contributed by atoms with E-state index >= 15 is 0 Å². The lowest BCUT2D eigenvalue weighted by Crippen LogP contribution is -2.47. The van der Waals surface area contributed by atoms with E-state index in [2.05, 4.69) is 0 Å². The molecule has 1 amide bonds. The summed E-state index contributed by atoms with van der Waals surface area (Å²) in [4.78, 5) is 13.3. The topological polar surface area (TPSA) is 75.6 Å². The maximum atomic E-state index is 11.5. The van der Waals surface area contributed by atoms with Crippen LogP contribution < -0.4 is 11.6 Å². The molecule has 0 aliphatic carbocycles. The van der Waals surface area contributed by atoms with Gasteiger partial charge in [0.05, 0.1) is 6.54 Å². The van der Waals surface area contributed by atoms with Crippen molar-refractivity contribution < 1.29 is 4.79 Å². The van der Waals surface area contributed by atoms with Crippen LogP contribution in [-0.2, 0) is 4.79 Å². The van der Waals surface area contributed by atoms with E-state index in [0.717, 1.165) is 25.9 Å². The van der Waals surface area contributed by atoms with E-state index in [1.54, 1.807) is 7.05 Å². The van der Waals surface area contributed by atoms with Crippen LogP contribution in [-0.4, -0.2) is 48.5 Å². The Kier molecular flexibility index (Phi) is 3.65. The normalized spacial score (nSPS) is 19.5. The number of likely N-dealkylation sites (tertiary alicyclic amines) is 1. The van der Waals surface area contributed by atoms with Gasteiger partial charge in [-0.25, -0.2) is 5.01 Å². The van der Waals surface area contributed by atoms with Crippen molar-refractivity contribution >= 4 is 5.91 Å². The Labute approximate surface area is 78.6 Å². The summed E-state index contributed by atoms with van der Waals surface area (Å²) < 4.78 is 0. The maximum absolute atomic E-state index is 11.5. The molecular formula is C8H18N4O. The van der Waals surface area contributed by atoms with E-state index in [-0.39, 0.29) is 18.5 Å². The summed E-state index contributed by atoms with van der Waals surface area (Å²) in [5, 5.41) is 1.40. The number of hydrazine groups is 1. The molecule has 0 saturated carbocycles. The van der Waals surface area contributed by atoms with Crippen LogP contribution in [0.1, 0.15) is 12.8 Å². The fraction of sp³-hybridized carbons (Fsp3) is 0.875. The van der Waals surface area contributed by atoms with Crippen LogP contribution in [0.3, 0.4) is 0 Å². The van der Waals surface area contributed by atoms with Crippen molar-refractivity contribution in [1.29, 1.82) is 0 Å². The highest BCUT2D eigenvalue weighted by atomic mass is 16.2. The SMILES string of the molecule is CN(N)CC(=O)N1CCC(N)CC1. The highest BCUT2D eigenvalue weighted by Crippen LogP contribution is 2.07. The van der Waals surface area contributed by atoms with Gasteiger partial charge >= 0.3 is 0 Å². The first kappa shape index (κ1) is 10.4. The van der Waals surface area contributed by atoms with Gasteiger partial charge < -0.3 is 10.6 Å². The van der Waals surface area contributed by atoms with Crippen LogP contribution in [0.2, 0.25) is 0 Å². The quantitative estimate of drug-likeness (QED) is 0.417. The minimum atomic E-state index is 0.0944. The number of nitrogens with zero attached hydrogens (tertiary/aromatic N) is 2. The molecular weight excluding hydrogens is 168 g/mol. The molecule has 0 unspecified atom stereocenters. The highest BCUT2D eigenvalue weighted by Gasteiger charge is 2.20. The van der Waals surface area contributed by atoms with E-state index < -0.39 is 0 Å². The lowest BCUT2D eigenvalue weighted by atomic mass is 10.1. The van der Waals surface area contributed by atoms with Gasteiger partial charge in [0.25, 0.3) is 0 Å². The van der Waals surface area contributed by atoms with Gasteiger partial charge in [-0.2, -0.15) is 0 Å². The highest BCUT2D eigenvalue weighted by molar-refractivity contribution is 5.78. The molecule has 1 rings (SSSR count). The molecule has 1 saturated heterocycles. The number of hydrogen-bond acceptors (Lipinski definition) is 4. The van der Waals surface area contributed by atoms with Gasteiger partial charge in [-0.3, -0.25) is 10.6 Å². The molecule has 0 aromatic carbocycles. The second-order valence-electron chi connectivity index (χ2n) is 3.63. The third kappa shape index (κ3) is 3.30. The summed E-state index contributed by atoms with van der Waals surface area (Å²) in [7, 11) is 1.69. The van der Waals surface area contributed by atoms with Gasteiger partial charge in [-0.1, -0.05) is 0 Å². The minimum absolute atomic E-state index is 0.0944. The van der Waals surface area contributed by atoms with Gasteiger partial charge in [-0.15, -0.1) is 0 Å². The standard InChI is InChI=1S/C8H18N4O/c1-11(10)6-8(13)12-4-2-7(9)3-5-12/h7H,2-6,9-10H2,1H3. The second kappa shape index (κ2) is 4.55. The van der Waals surface area contributed by atoms with Crippen molar-refractivity contribution in [1.82, 2.24) is 9.91 Å². The molecule has 0 aromatic heterocycles. The van der Waals surface area contributed by atoms with Crippen molar-refractivity contribution in [3.8, 4) is 0 Å². The summed E-state index contributed by atoms with van der Waals surface area (Å²) in [5.41, 5.74) is 5.73. The maximum Gasteiger partial charge on any atom is 0.238 e. The Balaban J connectivity index is 2.31. The second-order valence-corrected chi connectivity index (χ2v) is 3.63. The van der Waals surface area contributed by atoms with E-state index in [4.69, 9.17) is 11.6 Å². The molecule has 1 aliphatic rings. The van der Waals surface area contributed by atoms with E-state index in [1.807, 2.05) is 4.90 Å². The van der Waals surface area contributed by atoms with Crippen LogP contribution in [0.5, 0.6) is 0 Å².